The molecule has 0 saturated carbocycles. The van der Waals surface area contributed by atoms with Gasteiger partial charge in [0.1, 0.15) is 19.5 Å². The predicted molar refractivity (Wildman–Crippen MR) is 85.7 cm³/mol. The summed E-state index contributed by atoms with van der Waals surface area (Å²) in [5, 5.41) is 6.11. The molecule has 0 amide bonds. The molecule has 5 nitrogen and oxygen atoms in total. The van der Waals surface area contributed by atoms with Gasteiger partial charge in [-0.25, -0.2) is 4.79 Å². The molecule has 2 aromatic rings. The molecule has 116 valence electrons. The van der Waals surface area contributed by atoms with Gasteiger partial charge in [-0.15, -0.1) is 11.3 Å². The second kappa shape index (κ2) is 7.82. The van der Waals surface area contributed by atoms with Gasteiger partial charge in [-0.05, 0) is 23.6 Å². The number of oxime groups is 1. The molecular formula is C15H14ClNO4S. The molecule has 0 unspecified atom stereocenters. The van der Waals surface area contributed by atoms with Crippen molar-refractivity contribution in [3.05, 3.63) is 51.2 Å². The Hall–Kier alpha value is -2.05. The van der Waals surface area contributed by atoms with Crippen LogP contribution in [0.1, 0.15) is 10.4 Å². The van der Waals surface area contributed by atoms with Crippen LogP contribution in [0.2, 0.25) is 5.02 Å². The van der Waals surface area contributed by atoms with E-state index in [1.54, 1.807) is 12.1 Å². The standard InChI is InChI=1S/C15H14ClNO4S/c1-19-15(18)13(17-20-2)14-10(7-8-22-14)9-21-12-6-4-3-5-11(12)16/h3-8H,9H2,1-2H3/b17-13-. The van der Waals surface area contributed by atoms with Gasteiger partial charge in [0.15, 0.2) is 0 Å². The molecule has 0 bridgehead atoms. The van der Waals surface area contributed by atoms with E-state index in [-0.39, 0.29) is 12.3 Å². The monoisotopic (exact) mass is 339 g/mol. The molecule has 0 aliphatic heterocycles. The number of para-hydroxylation sites is 1. The number of carbonyl (C=O) groups excluding carboxylic acids is 1. The van der Waals surface area contributed by atoms with E-state index in [2.05, 4.69) is 5.16 Å². The van der Waals surface area contributed by atoms with Crippen LogP contribution in [-0.4, -0.2) is 25.9 Å². The van der Waals surface area contributed by atoms with Crippen molar-refractivity contribution >= 4 is 34.6 Å². The number of hydrogen-bond acceptors (Lipinski definition) is 6. The lowest BCUT2D eigenvalue weighted by Gasteiger charge is -2.09. The molecule has 0 fully saturated rings. The zero-order valence-electron chi connectivity index (χ0n) is 12.0. The van der Waals surface area contributed by atoms with Crippen molar-refractivity contribution in [1.82, 2.24) is 0 Å². The summed E-state index contributed by atoms with van der Waals surface area (Å²) in [5.41, 5.74) is 0.906. The third-order valence-corrected chi connectivity index (χ3v) is 4.02. The van der Waals surface area contributed by atoms with Gasteiger partial charge >= 0.3 is 5.97 Å². The third kappa shape index (κ3) is 3.78. The summed E-state index contributed by atoms with van der Waals surface area (Å²) >= 11 is 7.41. The number of methoxy groups -OCH3 is 1. The molecule has 1 aromatic carbocycles. The number of nitrogens with zero attached hydrogens (tertiary/aromatic N) is 1. The van der Waals surface area contributed by atoms with Crippen molar-refractivity contribution in [2.24, 2.45) is 5.16 Å². The van der Waals surface area contributed by atoms with E-state index in [9.17, 15) is 4.79 Å². The fraction of sp³-hybridized carbons (Fsp3) is 0.200. The molecule has 0 atom stereocenters. The van der Waals surface area contributed by atoms with Gasteiger partial charge < -0.3 is 14.3 Å². The normalized spacial score (nSPS) is 11.1. The maximum Gasteiger partial charge on any atom is 0.361 e. The van der Waals surface area contributed by atoms with Gasteiger partial charge in [-0.2, -0.15) is 0 Å². The molecule has 0 aliphatic rings. The van der Waals surface area contributed by atoms with Gasteiger partial charge in [0.2, 0.25) is 5.71 Å². The first-order valence-corrected chi connectivity index (χ1v) is 7.56. The molecule has 22 heavy (non-hydrogen) atoms. The highest BCUT2D eigenvalue weighted by Crippen LogP contribution is 2.26. The summed E-state index contributed by atoms with van der Waals surface area (Å²) in [6.45, 7) is 0.252. The van der Waals surface area contributed by atoms with Crippen LogP contribution in [0, 0.1) is 0 Å². The number of halogens is 1. The number of esters is 1. The smallest absolute Gasteiger partial charge is 0.361 e. The lowest BCUT2D eigenvalue weighted by molar-refractivity contribution is -0.132. The van der Waals surface area contributed by atoms with E-state index in [1.807, 2.05) is 23.6 Å². The summed E-state index contributed by atoms with van der Waals surface area (Å²) in [5.74, 6) is 0.00732. The molecule has 0 spiro atoms. The Morgan fingerprint density at radius 1 is 1.27 bits per heavy atom. The Morgan fingerprint density at radius 2 is 2.05 bits per heavy atom. The molecule has 2 rings (SSSR count). The quantitative estimate of drug-likeness (QED) is 0.459. The number of rotatable bonds is 6. The van der Waals surface area contributed by atoms with Gasteiger partial charge in [0.25, 0.3) is 0 Å². The summed E-state index contributed by atoms with van der Waals surface area (Å²) in [6, 6.07) is 9.04. The maximum absolute atomic E-state index is 11.8. The number of hydrogen-bond donors (Lipinski definition) is 0. The Labute approximate surface area is 137 Å². The van der Waals surface area contributed by atoms with E-state index in [4.69, 9.17) is 25.9 Å². The number of benzene rings is 1. The Bertz CT molecular complexity index is 684. The summed E-state index contributed by atoms with van der Waals surface area (Å²) in [7, 11) is 2.66. The zero-order chi connectivity index (χ0) is 15.9. The maximum atomic E-state index is 11.8. The second-order valence-corrected chi connectivity index (χ2v) is 5.43. The molecule has 0 aliphatic carbocycles. The summed E-state index contributed by atoms with van der Waals surface area (Å²) < 4.78 is 10.4. The number of thiophene rings is 1. The van der Waals surface area contributed by atoms with E-state index in [1.165, 1.54) is 25.6 Å². The first-order valence-electron chi connectivity index (χ1n) is 6.31. The topological polar surface area (TPSA) is 57.1 Å². The first kappa shape index (κ1) is 16.3. The lowest BCUT2D eigenvalue weighted by atomic mass is 10.2. The van der Waals surface area contributed by atoms with E-state index < -0.39 is 5.97 Å². The Balaban J connectivity index is 2.20. The molecule has 0 radical (unpaired) electrons. The SMILES string of the molecule is CO/N=C(\C(=O)OC)c1sccc1COc1ccccc1Cl. The largest absolute Gasteiger partial charge is 0.487 e. The fourth-order valence-corrected chi connectivity index (χ4v) is 2.80. The molecule has 1 aromatic heterocycles. The van der Waals surface area contributed by atoms with Crippen LogP contribution in [0.3, 0.4) is 0 Å². The Kier molecular flexibility index (Phi) is 5.80. The highest BCUT2D eigenvalue weighted by Gasteiger charge is 2.21. The summed E-state index contributed by atoms with van der Waals surface area (Å²) in [6.07, 6.45) is 0. The van der Waals surface area contributed by atoms with Crippen LogP contribution >= 0.6 is 22.9 Å². The van der Waals surface area contributed by atoms with Gasteiger partial charge in [0.05, 0.1) is 17.0 Å². The van der Waals surface area contributed by atoms with Crippen LogP contribution in [0.5, 0.6) is 5.75 Å². The van der Waals surface area contributed by atoms with Crippen LogP contribution in [-0.2, 0) is 21.0 Å². The number of carbonyl (C=O) groups is 1. The van der Waals surface area contributed by atoms with Crippen molar-refractivity contribution in [3.8, 4) is 5.75 Å². The van der Waals surface area contributed by atoms with E-state index in [0.717, 1.165) is 5.56 Å². The fourth-order valence-electron chi connectivity index (χ4n) is 1.73. The van der Waals surface area contributed by atoms with Crippen molar-refractivity contribution < 1.29 is 19.1 Å². The molecular weight excluding hydrogens is 326 g/mol. The molecule has 1 heterocycles. The minimum atomic E-state index is -0.566. The highest BCUT2D eigenvalue weighted by atomic mass is 35.5. The molecule has 7 heteroatoms. The van der Waals surface area contributed by atoms with Gasteiger partial charge in [-0.3, -0.25) is 0 Å². The van der Waals surface area contributed by atoms with Crippen molar-refractivity contribution in [1.29, 1.82) is 0 Å². The molecule has 0 N–H and O–H groups in total. The highest BCUT2D eigenvalue weighted by molar-refractivity contribution is 7.13. The van der Waals surface area contributed by atoms with E-state index in [0.29, 0.717) is 15.6 Å². The van der Waals surface area contributed by atoms with Crippen molar-refractivity contribution in [3.63, 3.8) is 0 Å². The average Bonchev–Trinajstić information content (AvgIpc) is 2.99. The van der Waals surface area contributed by atoms with Gasteiger partial charge in [-0.1, -0.05) is 28.9 Å². The average molecular weight is 340 g/mol. The minimum absolute atomic E-state index is 0.109. The van der Waals surface area contributed by atoms with Gasteiger partial charge in [0, 0.05) is 5.56 Å². The lowest BCUT2D eigenvalue weighted by Crippen LogP contribution is -2.18. The first-order chi connectivity index (χ1) is 10.7. The van der Waals surface area contributed by atoms with Crippen LogP contribution < -0.4 is 4.74 Å². The Morgan fingerprint density at radius 3 is 2.73 bits per heavy atom. The minimum Gasteiger partial charge on any atom is -0.487 e. The summed E-state index contributed by atoms with van der Waals surface area (Å²) in [4.78, 5) is 17.2. The van der Waals surface area contributed by atoms with Crippen LogP contribution in [0.25, 0.3) is 0 Å². The zero-order valence-corrected chi connectivity index (χ0v) is 13.6. The van der Waals surface area contributed by atoms with E-state index >= 15 is 0 Å². The van der Waals surface area contributed by atoms with Crippen molar-refractivity contribution in [2.45, 2.75) is 6.61 Å². The molecule has 0 saturated heterocycles. The third-order valence-electron chi connectivity index (χ3n) is 2.74. The predicted octanol–water partition coefficient (Wildman–Crippen LogP) is 3.50. The number of ether oxygens (including phenoxy) is 2. The van der Waals surface area contributed by atoms with Crippen LogP contribution in [0.4, 0.5) is 0 Å². The van der Waals surface area contributed by atoms with Crippen LogP contribution in [0.15, 0.2) is 40.9 Å². The second-order valence-electron chi connectivity index (χ2n) is 4.11. The van der Waals surface area contributed by atoms with Crippen molar-refractivity contribution in [2.75, 3.05) is 14.2 Å².